The van der Waals surface area contributed by atoms with Crippen molar-refractivity contribution < 1.29 is 17.9 Å². The molecule has 114 valence electrons. The molecule has 6 heteroatoms. The molecule has 1 rings (SSSR count). The lowest BCUT2D eigenvalue weighted by atomic mass is 10.1. The third kappa shape index (κ3) is 4.47. The fraction of sp³-hybridized carbons (Fsp3) is 0.571. The topological polar surface area (TPSA) is 64.6 Å². The minimum atomic E-state index is -3.56. The number of benzene rings is 1. The van der Waals surface area contributed by atoms with Crippen molar-refractivity contribution in [2.45, 2.75) is 32.1 Å². The summed E-state index contributed by atoms with van der Waals surface area (Å²) < 4.78 is 37.6. The monoisotopic (exact) mass is 301 g/mol. The van der Waals surface area contributed by atoms with Crippen molar-refractivity contribution >= 4 is 10.0 Å². The van der Waals surface area contributed by atoms with Crippen molar-refractivity contribution in [3.63, 3.8) is 0 Å². The van der Waals surface area contributed by atoms with Crippen molar-refractivity contribution in [1.29, 1.82) is 0 Å². The number of hydrogen-bond donors (Lipinski definition) is 1. The maximum atomic E-state index is 12.3. The van der Waals surface area contributed by atoms with Gasteiger partial charge in [-0.05, 0) is 50.5 Å². The summed E-state index contributed by atoms with van der Waals surface area (Å²) >= 11 is 0. The van der Waals surface area contributed by atoms with Gasteiger partial charge in [-0.1, -0.05) is 0 Å². The van der Waals surface area contributed by atoms with Gasteiger partial charge in [0.2, 0.25) is 10.0 Å². The van der Waals surface area contributed by atoms with E-state index in [-0.39, 0.29) is 4.90 Å². The Morgan fingerprint density at radius 3 is 2.45 bits per heavy atom. The molecule has 0 aliphatic carbocycles. The molecule has 0 atom stereocenters. The van der Waals surface area contributed by atoms with Gasteiger partial charge in [0.1, 0.15) is 10.6 Å². The first-order valence-electron chi connectivity index (χ1n) is 6.65. The molecule has 0 amide bonds. The van der Waals surface area contributed by atoms with E-state index >= 15 is 0 Å². The van der Waals surface area contributed by atoms with Crippen LogP contribution in [0.1, 0.15) is 24.5 Å². The molecule has 1 aromatic rings. The second-order valence-electron chi connectivity index (χ2n) is 4.56. The number of rotatable bonds is 8. The van der Waals surface area contributed by atoms with E-state index in [1.807, 2.05) is 20.8 Å². The van der Waals surface area contributed by atoms with Crippen LogP contribution in [0.2, 0.25) is 0 Å². The van der Waals surface area contributed by atoms with E-state index in [0.29, 0.717) is 31.9 Å². The lowest BCUT2D eigenvalue weighted by molar-refractivity contribution is 0.196. The number of aryl methyl sites for hydroxylation is 2. The first kappa shape index (κ1) is 16.9. The Labute approximate surface area is 121 Å². The second kappa shape index (κ2) is 7.61. The molecule has 20 heavy (non-hydrogen) atoms. The quantitative estimate of drug-likeness (QED) is 0.746. The van der Waals surface area contributed by atoms with Gasteiger partial charge in [0, 0.05) is 20.3 Å². The highest BCUT2D eigenvalue weighted by molar-refractivity contribution is 7.89. The fourth-order valence-corrected chi connectivity index (χ4v) is 3.03. The van der Waals surface area contributed by atoms with E-state index in [9.17, 15) is 8.42 Å². The van der Waals surface area contributed by atoms with Crippen LogP contribution in [0, 0.1) is 13.8 Å². The van der Waals surface area contributed by atoms with Gasteiger partial charge in [0.05, 0.1) is 6.61 Å². The van der Waals surface area contributed by atoms with Crippen molar-refractivity contribution in [3.8, 4) is 5.75 Å². The molecule has 0 saturated carbocycles. The molecular weight excluding hydrogens is 278 g/mol. The largest absolute Gasteiger partial charge is 0.492 e. The molecular formula is C14H23NO4S. The van der Waals surface area contributed by atoms with Gasteiger partial charge in [0.15, 0.2) is 0 Å². The average molecular weight is 301 g/mol. The molecule has 0 heterocycles. The van der Waals surface area contributed by atoms with Crippen LogP contribution in [0.5, 0.6) is 5.75 Å². The highest BCUT2D eigenvalue weighted by Gasteiger charge is 2.20. The molecule has 0 aromatic heterocycles. The number of methoxy groups -OCH3 is 1. The fourth-order valence-electron chi connectivity index (χ4n) is 1.74. The Morgan fingerprint density at radius 2 is 1.85 bits per heavy atom. The summed E-state index contributed by atoms with van der Waals surface area (Å²) in [5, 5.41) is 0. The molecule has 0 radical (unpaired) electrons. The van der Waals surface area contributed by atoms with Crippen LogP contribution in [-0.2, 0) is 14.8 Å². The smallest absolute Gasteiger partial charge is 0.244 e. The summed E-state index contributed by atoms with van der Waals surface area (Å²) in [6.45, 7) is 6.93. The molecule has 0 bridgehead atoms. The van der Waals surface area contributed by atoms with E-state index in [0.717, 1.165) is 11.1 Å². The molecule has 0 saturated heterocycles. The summed E-state index contributed by atoms with van der Waals surface area (Å²) in [5.41, 5.74) is 1.93. The summed E-state index contributed by atoms with van der Waals surface area (Å²) in [6, 6.07) is 3.42. The Bertz CT molecular complexity index is 540. The molecule has 0 fully saturated rings. The van der Waals surface area contributed by atoms with Gasteiger partial charge < -0.3 is 9.47 Å². The van der Waals surface area contributed by atoms with Crippen molar-refractivity contribution in [2.75, 3.05) is 26.9 Å². The maximum absolute atomic E-state index is 12.3. The minimum Gasteiger partial charge on any atom is -0.492 e. The summed E-state index contributed by atoms with van der Waals surface area (Å²) in [6.07, 6.45) is 0.630. The first-order valence-corrected chi connectivity index (χ1v) is 8.13. The van der Waals surface area contributed by atoms with Gasteiger partial charge in [-0.15, -0.1) is 0 Å². The Morgan fingerprint density at radius 1 is 1.20 bits per heavy atom. The van der Waals surface area contributed by atoms with Gasteiger partial charge >= 0.3 is 0 Å². The molecule has 0 unspecified atom stereocenters. The van der Waals surface area contributed by atoms with Gasteiger partial charge in [0.25, 0.3) is 0 Å². The Hall–Kier alpha value is -1.11. The standard InChI is InChI=1S/C14H23NO4S/c1-5-19-13-9-11(2)12(3)10-14(13)20(16,17)15-7-6-8-18-4/h9-10,15H,5-8H2,1-4H3. The lowest BCUT2D eigenvalue weighted by Gasteiger charge is -2.14. The molecule has 0 aliphatic rings. The summed E-state index contributed by atoms with van der Waals surface area (Å²) in [5.74, 6) is 0.398. The number of nitrogens with one attached hydrogen (secondary N) is 1. The Balaban J connectivity index is 3.00. The van der Waals surface area contributed by atoms with E-state index in [2.05, 4.69) is 4.72 Å². The van der Waals surface area contributed by atoms with E-state index in [4.69, 9.17) is 9.47 Å². The second-order valence-corrected chi connectivity index (χ2v) is 6.30. The van der Waals surface area contributed by atoms with Crippen molar-refractivity contribution in [1.82, 2.24) is 4.72 Å². The maximum Gasteiger partial charge on any atom is 0.244 e. The van der Waals surface area contributed by atoms with Crippen LogP contribution in [0.3, 0.4) is 0 Å². The number of hydrogen-bond acceptors (Lipinski definition) is 4. The van der Waals surface area contributed by atoms with Crippen molar-refractivity contribution in [2.24, 2.45) is 0 Å². The number of ether oxygens (including phenoxy) is 2. The molecule has 1 aromatic carbocycles. The molecule has 0 aliphatic heterocycles. The van der Waals surface area contributed by atoms with Crippen LogP contribution in [-0.4, -0.2) is 35.3 Å². The molecule has 5 nitrogen and oxygen atoms in total. The predicted molar refractivity (Wildman–Crippen MR) is 78.8 cm³/mol. The van der Waals surface area contributed by atoms with Crippen LogP contribution in [0.25, 0.3) is 0 Å². The minimum absolute atomic E-state index is 0.194. The van der Waals surface area contributed by atoms with Crippen LogP contribution < -0.4 is 9.46 Å². The zero-order valence-electron chi connectivity index (χ0n) is 12.5. The first-order chi connectivity index (χ1) is 9.42. The molecule has 1 N–H and O–H groups in total. The highest BCUT2D eigenvalue weighted by atomic mass is 32.2. The average Bonchev–Trinajstić information content (AvgIpc) is 2.39. The highest BCUT2D eigenvalue weighted by Crippen LogP contribution is 2.27. The predicted octanol–water partition coefficient (Wildman–Crippen LogP) is 2.02. The van der Waals surface area contributed by atoms with Crippen LogP contribution in [0.15, 0.2) is 17.0 Å². The lowest BCUT2D eigenvalue weighted by Crippen LogP contribution is -2.26. The summed E-state index contributed by atoms with van der Waals surface area (Å²) in [7, 11) is -1.98. The third-order valence-electron chi connectivity index (χ3n) is 2.97. The molecule has 0 spiro atoms. The normalized spacial score (nSPS) is 11.6. The zero-order chi connectivity index (χ0) is 15.2. The van der Waals surface area contributed by atoms with Gasteiger partial charge in [-0.2, -0.15) is 0 Å². The van der Waals surface area contributed by atoms with Gasteiger partial charge in [-0.3, -0.25) is 0 Å². The Kier molecular flexibility index (Phi) is 6.45. The van der Waals surface area contributed by atoms with E-state index in [1.54, 1.807) is 19.2 Å². The van der Waals surface area contributed by atoms with E-state index in [1.165, 1.54) is 0 Å². The SMILES string of the molecule is CCOc1cc(C)c(C)cc1S(=O)(=O)NCCCOC. The van der Waals surface area contributed by atoms with Crippen molar-refractivity contribution in [3.05, 3.63) is 23.3 Å². The zero-order valence-corrected chi connectivity index (χ0v) is 13.3. The number of sulfonamides is 1. The van der Waals surface area contributed by atoms with Crippen LogP contribution >= 0.6 is 0 Å². The summed E-state index contributed by atoms with van der Waals surface area (Å²) in [4.78, 5) is 0.194. The van der Waals surface area contributed by atoms with E-state index < -0.39 is 10.0 Å². The van der Waals surface area contributed by atoms with Crippen LogP contribution in [0.4, 0.5) is 0 Å². The van der Waals surface area contributed by atoms with Gasteiger partial charge in [-0.25, -0.2) is 13.1 Å². The third-order valence-corrected chi connectivity index (χ3v) is 4.45.